The third-order valence-corrected chi connectivity index (χ3v) is 2.99. The zero-order chi connectivity index (χ0) is 12.4. The SMILES string of the molecule is COc1ccccc1C1CC(C)N(C(C)=O)O1. The summed E-state index contributed by atoms with van der Waals surface area (Å²) in [5.74, 6) is 0.741. The van der Waals surface area contributed by atoms with Crippen molar-refractivity contribution in [3.8, 4) is 5.75 Å². The van der Waals surface area contributed by atoms with Crippen LogP contribution >= 0.6 is 0 Å². The highest BCUT2D eigenvalue weighted by molar-refractivity contribution is 5.72. The van der Waals surface area contributed by atoms with Gasteiger partial charge in [0, 0.05) is 18.9 Å². The fourth-order valence-electron chi connectivity index (χ4n) is 2.19. The molecule has 1 heterocycles. The van der Waals surface area contributed by atoms with Crippen LogP contribution in [0.15, 0.2) is 24.3 Å². The Labute approximate surface area is 101 Å². The van der Waals surface area contributed by atoms with E-state index in [9.17, 15) is 4.79 Å². The van der Waals surface area contributed by atoms with Gasteiger partial charge in [0.2, 0.25) is 5.91 Å². The van der Waals surface area contributed by atoms with Gasteiger partial charge in [-0.05, 0) is 13.0 Å². The van der Waals surface area contributed by atoms with Crippen LogP contribution in [0.2, 0.25) is 0 Å². The van der Waals surface area contributed by atoms with Gasteiger partial charge in [-0.25, -0.2) is 5.06 Å². The van der Waals surface area contributed by atoms with Crippen LogP contribution < -0.4 is 4.74 Å². The van der Waals surface area contributed by atoms with Crippen molar-refractivity contribution in [3.63, 3.8) is 0 Å². The number of hydrogen-bond donors (Lipinski definition) is 0. The maximum absolute atomic E-state index is 11.4. The lowest BCUT2D eigenvalue weighted by Crippen LogP contribution is -2.30. The molecule has 0 radical (unpaired) electrons. The molecule has 0 saturated carbocycles. The number of rotatable bonds is 2. The summed E-state index contributed by atoms with van der Waals surface area (Å²) in [5, 5.41) is 1.44. The molecule has 1 fully saturated rings. The molecule has 1 aliphatic rings. The molecule has 0 spiro atoms. The van der Waals surface area contributed by atoms with Crippen molar-refractivity contribution in [3.05, 3.63) is 29.8 Å². The van der Waals surface area contributed by atoms with Crippen molar-refractivity contribution in [1.82, 2.24) is 5.06 Å². The van der Waals surface area contributed by atoms with E-state index in [4.69, 9.17) is 9.57 Å². The average Bonchev–Trinajstić information content (AvgIpc) is 2.71. The molecule has 0 bridgehead atoms. The van der Waals surface area contributed by atoms with E-state index in [0.717, 1.165) is 17.7 Å². The fourth-order valence-corrected chi connectivity index (χ4v) is 2.19. The van der Waals surface area contributed by atoms with Crippen molar-refractivity contribution in [1.29, 1.82) is 0 Å². The van der Waals surface area contributed by atoms with Crippen LogP contribution in [0.4, 0.5) is 0 Å². The monoisotopic (exact) mass is 235 g/mol. The molecule has 2 unspecified atom stereocenters. The number of nitrogens with zero attached hydrogens (tertiary/aromatic N) is 1. The normalized spacial score (nSPS) is 23.8. The summed E-state index contributed by atoms with van der Waals surface area (Å²) in [4.78, 5) is 17.0. The molecule has 1 aliphatic heterocycles. The van der Waals surface area contributed by atoms with Gasteiger partial charge >= 0.3 is 0 Å². The molecule has 2 rings (SSSR count). The topological polar surface area (TPSA) is 38.8 Å². The summed E-state index contributed by atoms with van der Waals surface area (Å²) in [6.45, 7) is 3.50. The zero-order valence-corrected chi connectivity index (χ0v) is 10.3. The maximum atomic E-state index is 11.4. The lowest BCUT2D eigenvalue weighted by atomic mass is 10.0. The number of ether oxygens (including phenoxy) is 1. The van der Waals surface area contributed by atoms with Crippen LogP contribution in [0.25, 0.3) is 0 Å². The highest BCUT2D eigenvalue weighted by atomic mass is 16.7. The molecular weight excluding hydrogens is 218 g/mol. The van der Waals surface area contributed by atoms with E-state index in [1.807, 2.05) is 31.2 Å². The van der Waals surface area contributed by atoms with Gasteiger partial charge in [-0.15, -0.1) is 0 Å². The summed E-state index contributed by atoms with van der Waals surface area (Å²) in [5.41, 5.74) is 0.991. The number of carbonyl (C=O) groups excluding carboxylic acids is 1. The van der Waals surface area contributed by atoms with Crippen molar-refractivity contribution in [2.45, 2.75) is 32.4 Å². The fraction of sp³-hybridized carbons (Fsp3) is 0.462. The van der Waals surface area contributed by atoms with Crippen molar-refractivity contribution in [2.24, 2.45) is 0 Å². The summed E-state index contributed by atoms with van der Waals surface area (Å²) >= 11 is 0. The molecular formula is C13H17NO3. The molecule has 4 heteroatoms. The van der Waals surface area contributed by atoms with E-state index in [1.54, 1.807) is 7.11 Å². The van der Waals surface area contributed by atoms with Gasteiger partial charge in [-0.3, -0.25) is 9.63 Å². The summed E-state index contributed by atoms with van der Waals surface area (Å²) in [7, 11) is 1.64. The summed E-state index contributed by atoms with van der Waals surface area (Å²) in [6.07, 6.45) is 0.685. The number of hydrogen-bond acceptors (Lipinski definition) is 3. The maximum Gasteiger partial charge on any atom is 0.243 e. The standard InChI is InChI=1S/C13H17NO3/c1-9-8-13(17-14(9)10(2)15)11-6-4-5-7-12(11)16-3/h4-7,9,13H,8H2,1-3H3. The molecule has 1 amide bonds. The van der Waals surface area contributed by atoms with Crippen molar-refractivity contribution >= 4 is 5.91 Å². The molecule has 0 aromatic heterocycles. The first kappa shape index (κ1) is 11.9. The van der Waals surface area contributed by atoms with E-state index < -0.39 is 0 Å². The van der Waals surface area contributed by atoms with Gasteiger partial charge in [-0.1, -0.05) is 18.2 Å². The number of para-hydroxylation sites is 1. The number of carbonyl (C=O) groups is 1. The highest BCUT2D eigenvalue weighted by Gasteiger charge is 2.34. The van der Waals surface area contributed by atoms with Gasteiger partial charge in [0.1, 0.15) is 11.9 Å². The lowest BCUT2D eigenvalue weighted by Gasteiger charge is -2.18. The average molecular weight is 235 g/mol. The van der Waals surface area contributed by atoms with Crippen LogP contribution in [-0.2, 0) is 9.63 Å². The van der Waals surface area contributed by atoms with Crippen LogP contribution in [-0.4, -0.2) is 24.1 Å². The second-order valence-electron chi connectivity index (χ2n) is 4.27. The Morgan fingerprint density at radius 3 is 2.76 bits per heavy atom. The minimum atomic E-state index is -0.106. The minimum Gasteiger partial charge on any atom is -0.496 e. The predicted octanol–water partition coefficient (Wildman–Crippen LogP) is 2.31. The molecule has 1 saturated heterocycles. The molecule has 2 atom stereocenters. The van der Waals surface area contributed by atoms with Crippen LogP contribution in [0.3, 0.4) is 0 Å². The second-order valence-corrected chi connectivity index (χ2v) is 4.27. The second kappa shape index (κ2) is 4.75. The summed E-state index contributed by atoms with van der Waals surface area (Å²) < 4.78 is 5.31. The van der Waals surface area contributed by atoms with Crippen LogP contribution in [0.5, 0.6) is 5.75 Å². The molecule has 1 aromatic rings. The Balaban J connectivity index is 2.22. The molecule has 17 heavy (non-hydrogen) atoms. The van der Waals surface area contributed by atoms with Gasteiger partial charge in [0.15, 0.2) is 0 Å². The largest absolute Gasteiger partial charge is 0.496 e. The predicted molar refractivity (Wildman–Crippen MR) is 63.4 cm³/mol. The van der Waals surface area contributed by atoms with Gasteiger partial charge in [0.25, 0.3) is 0 Å². The minimum absolute atomic E-state index is 0.0603. The van der Waals surface area contributed by atoms with Crippen molar-refractivity contribution in [2.75, 3.05) is 7.11 Å². The van der Waals surface area contributed by atoms with Gasteiger partial charge < -0.3 is 4.74 Å². The van der Waals surface area contributed by atoms with Crippen LogP contribution in [0, 0.1) is 0 Å². The van der Waals surface area contributed by atoms with E-state index >= 15 is 0 Å². The quantitative estimate of drug-likeness (QED) is 0.789. The Kier molecular flexibility index (Phi) is 3.33. The number of hydroxylamine groups is 2. The Bertz CT molecular complexity index is 419. The zero-order valence-electron chi connectivity index (χ0n) is 10.3. The summed E-state index contributed by atoms with van der Waals surface area (Å²) in [6, 6.07) is 7.84. The molecule has 92 valence electrons. The Hall–Kier alpha value is -1.55. The number of methoxy groups -OCH3 is 1. The lowest BCUT2D eigenvalue weighted by molar-refractivity contribution is -0.185. The van der Waals surface area contributed by atoms with E-state index in [1.165, 1.54) is 12.0 Å². The Morgan fingerprint density at radius 2 is 2.18 bits per heavy atom. The van der Waals surface area contributed by atoms with Crippen LogP contribution in [0.1, 0.15) is 31.9 Å². The highest BCUT2D eigenvalue weighted by Crippen LogP contribution is 2.37. The Morgan fingerprint density at radius 1 is 1.47 bits per heavy atom. The van der Waals surface area contributed by atoms with E-state index in [0.29, 0.717) is 0 Å². The molecule has 4 nitrogen and oxygen atoms in total. The van der Waals surface area contributed by atoms with Crippen molar-refractivity contribution < 1.29 is 14.4 Å². The third-order valence-electron chi connectivity index (χ3n) is 2.99. The molecule has 1 aromatic carbocycles. The third kappa shape index (κ3) is 2.26. The number of benzene rings is 1. The first-order chi connectivity index (χ1) is 8.13. The van der Waals surface area contributed by atoms with Gasteiger partial charge in [-0.2, -0.15) is 0 Å². The van der Waals surface area contributed by atoms with E-state index in [2.05, 4.69) is 0 Å². The molecule has 0 aliphatic carbocycles. The van der Waals surface area contributed by atoms with E-state index in [-0.39, 0.29) is 18.1 Å². The first-order valence-electron chi connectivity index (χ1n) is 5.73. The van der Waals surface area contributed by atoms with Gasteiger partial charge in [0.05, 0.1) is 13.2 Å². The number of amides is 1. The smallest absolute Gasteiger partial charge is 0.243 e. The first-order valence-corrected chi connectivity index (χ1v) is 5.73. The molecule has 0 N–H and O–H groups in total.